The second-order valence-corrected chi connectivity index (χ2v) is 4.40. The van der Waals surface area contributed by atoms with Crippen molar-refractivity contribution in [1.29, 1.82) is 0 Å². The van der Waals surface area contributed by atoms with Gasteiger partial charge in [-0.3, -0.25) is 0 Å². The minimum atomic E-state index is -0.961. The van der Waals surface area contributed by atoms with Crippen molar-refractivity contribution >= 4 is 23.2 Å². The Bertz CT molecular complexity index is 505. The second-order valence-electron chi connectivity index (χ2n) is 3.59. The molecule has 0 bridgehead atoms. The van der Waals surface area contributed by atoms with Gasteiger partial charge in [0.1, 0.15) is 11.9 Å². The first kappa shape index (κ1) is 12.4. The largest absolute Gasteiger partial charge is 0.384 e. The third-order valence-electron chi connectivity index (χ3n) is 2.46. The van der Waals surface area contributed by atoms with E-state index >= 15 is 0 Å². The molecule has 2 aromatic carbocycles. The van der Waals surface area contributed by atoms with Crippen LogP contribution in [0.5, 0.6) is 0 Å². The van der Waals surface area contributed by atoms with Crippen LogP contribution in [0.1, 0.15) is 17.2 Å². The molecule has 0 saturated heterocycles. The number of benzene rings is 2. The van der Waals surface area contributed by atoms with Gasteiger partial charge in [0.05, 0.1) is 0 Å². The SMILES string of the molecule is OC(c1ccc(F)cc1)c1c(Cl)cccc1Cl. The molecule has 0 aliphatic rings. The Kier molecular flexibility index (Phi) is 3.67. The first-order valence-corrected chi connectivity index (χ1v) is 5.72. The van der Waals surface area contributed by atoms with Crippen LogP contribution in [0.4, 0.5) is 4.39 Å². The molecule has 0 saturated carbocycles. The molecule has 2 aromatic rings. The molecule has 17 heavy (non-hydrogen) atoms. The molecular formula is C13H9Cl2FO. The first-order valence-electron chi connectivity index (χ1n) is 4.97. The highest BCUT2D eigenvalue weighted by Gasteiger charge is 2.17. The van der Waals surface area contributed by atoms with Crippen LogP contribution in [0, 0.1) is 5.82 Å². The first-order chi connectivity index (χ1) is 8.09. The Morgan fingerprint density at radius 2 is 1.47 bits per heavy atom. The zero-order valence-electron chi connectivity index (χ0n) is 8.70. The summed E-state index contributed by atoms with van der Waals surface area (Å²) >= 11 is 12.0. The molecule has 0 aliphatic carbocycles. The zero-order chi connectivity index (χ0) is 12.4. The third-order valence-corrected chi connectivity index (χ3v) is 3.12. The Balaban J connectivity index is 2.43. The maximum Gasteiger partial charge on any atom is 0.123 e. The van der Waals surface area contributed by atoms with Crippen molar-refractivity contribution in [3.63, 3.8) is 0 Å². The van der Waals surface area contributed by atoms with Crippen molar-refractivity contribution in [3.8, 4) is 0 Å². The summed E-state index contributed by atoms with van der Waals surface area (Å²) in [6, 6.07) is 10.6. The summed E-state index contributed by atoms with van der Waals surface area (Å²) in [4.78, 5) is 0. The van der Waals surface area contributed by atoms with Gasteiger partial charge in [-0.2, -0.15) is 0 Å². The molecule has 0 amide bonds. The molecule has 0 fully saturated rings. The van der Waals surface area contributed by atoms with Gasteiger partial charge in [0.25, 0.3) is 0 Å². The van der Waals surface area contributed by atoms with E-state index in [2.05, 4.69) is 0 Å². The van der Waals surface area contributed by atoms with Crippen LogP contribution in [0.3, 0.4) is 0 Å². The van der Waals surface area contributed by atoms with Crippen molar-refractivity contribution in [2.24, 2.45) is 0 Å². The highest BCUT2D eigenvalue weighted by atomic mass is 35.5. The summed E-state index contributed by atoms with van der Waals surface area (Å²) in [7, 11) is 0. The fraction of sp³-hybridized carbons (Fsp3) is 0.0769. The van der Waals surface area contributed by atoms with Gasteiger partial charge in [-0.25, -0.2) is 4.39 Å². The smallest absolute Gasteiger partial charge is 0.123 e. The topological polar surface area (TPSA) is 20.2 Å². The summed E-state index contributed by atoms with van der Waals surface area (Å²) < 4.78 is 12.8. The maximum atomic E-state index is 12.8. The van der Waals surface area contributed by atoms with Crippen LogP contribution in [0.25, 0.3) is 0 Å². The predicted molar refractivity (Wildman–Crippen MR) is 66.9 cm³/mol. The summed E-state index contributed by atoms with van der Waals surface area (Å²) in [5.41, 5.74) is 0.976. The summed E-state index contributed by atoms with van der Waals surface area (Å²) in [5, 5.41) is 10.9. The van der Waals surface area contributed by atoms with Crippen molar-refractivity contribution in [2.75, 3.05) is 0 Å². The Labute approximate surface area is 108 Å². The van der Waals surface area contributed by atoms with E-state index in [9.17, 15) is 9.50 Å². The molecule has 1 unspecified atom stereocenters. The van der Waals surface area contributed by atoms with Crippen molar-refractivity contribution in [2.45, 2.75) is 6.10 Å². The minimum Gasteiger partial charge on any atom is -0.384 e. The highest BCUT2D eigenvalue weighted by molar-refractivity contribution is 6.36. The Hall–Kier alpha value is -1.09. The molecule has 0 spiro atoms. The van der Waals surface area contributed by atoms with E-state index in [1.165, 1.54) is 24.3 Å². The van der Waals surface area contributed by atoms with Crippen LogP contribution in [0.2, 0.25) is 10.0 Å². The lowest BCUT2D eigenvalue weighted by Gasteiger charge is -2.14. The van der Waals surface area contributed by atoms with Gasteiger partial charge in [-0.1, -0.05) is 41.4 Å². The number of aliphatic hydroxyl groups excluding tert-OH is 1. The second kappa shape index (κ2) is 5.05. The van der Waals surface area contributed by atoms with Gasteiger partial charge < -0.3 is 5.11 Å². The molecule has 4 heteroatoms. The lowest BCUT2D eigenvalue weighted by Crippen LogP contribution is -2.01. The average Bonchev–Trinajstić information content (AvgIpc) is 2.29. The quantitative estimate of drug-likeness (QED) is 0.867. The number of hydrogen-bond acceptors (Lipinski definition) is 1. The van der Waals surface area contributed by atoms with Gasteiger partial charge in [-0.15, -0.1) is 0 Å². The van der Waals surface area contributed by atoms with Crippen LogP contribution < -0.4 is 0 Å². The molecule has 1 nitrogen and oxygen atoms in total. The minimum absolute atomic E-state index is 0.355. The van der Waals surface area contributed by atoms with E-state index in [0.29, 0.717) is 21.2 Å². The Morgan fingerprint density at radius 3 is 2.00 bits per heavy atom. The zero-order valence-corrected chi connectivity index (χ0v) is 10.2. The van der Waals surface area contributed by atoms with Crippen molar-refractivity contribution in [3.05, 3.63) is 69.5 Å². The van der Waals surface area contributed by atoms with E-state index in [-0.39, 0.29) is 5.82 Å². The lowest BCUT2D eigenvalue weighted by molar-refractivity contribution is 0.220. The van der Waals surface area contributed by atoms with Crippen molar-refractivity contribution in [1.82, 2.24) is 0 Å². The molecule has 0 aliphatic heterocycles. The molecule has 1 N–H and O–H groups in total. The summed E-state index contributed by atoms with van der Waals surface area (Å²) in [6.45, 7) is 0. The normalized spacial score (nSPS) is 12.5. The van der Waals surface area contributed by atoms with Gasteiger partial charge in [-0.05, 0) is 29.8 Å². The van der Waals surface area contributed by atoms with Gasteiger partial charge in [0.15, 0.2) is 0 Å². The van der Waals surface area contributed by atoms with Gasteiger partial charge >= 0.3 is 0 Å². The molecular weight excluding hydrogens is 262 g/mol. The molecule has 0 aromatic heterocycles. The van der Waals surface area contributed by atoms with E-state index < -0.39 is 6.10 Å². The summed E-state index contributed by atoms with van der Waals surface area (Å²) in [5.74, 6) is -0.355. The molecule has 1 atom stereocenters. The molecule has 0 heterocycles. The fourth-order valence-corrected chi connectivity index (χ4v) is 2.19. The predicted octanol–water partition coefficient (Wildman–Crippen LogP) is 4.21. The fourth-order valence-electron chi connectivity index (χ4n) is 1.58. The van der Waals surface area contributed by atoms with E-state index in [0.717, 1.165) is 0 Å². The van der Waals surface area contributed by atoms with Crippen LogP contribution in [0.15, 0.2) is 42.5 Å². The average molecular weight is 271 g/mol. The van der Waals surface area contributed by atoms with Crippen molar-refractivity contribution < 1.29 is 9.50 Å². The number of aliphatic hydroxyl groups is 1. The van der Waals surface area contributed by atoms with E-state index in [1.54, 1.807) is 18.2 Å². The highest BCUT2D eigenvalue weighted by Crippen LogP contribution is 2.33. The molecule has 0 radical (unpaired) electrons. The number of hydrogen-bond donors (Lipinski definition) is 1. The monoisotopic (exact) mass is 270 g/mol. The van der Waals surface area contributed by atoms with Crippen LogP contribution in [-0.4, -0.2) is 5.11 Å². The third kappa shape index (κ3) is 2.60. The van der Waals surface area contributed by atoms with Gasteiger partial charge in [0, 0.05) is 15.6 Å². The van der Waals surface area contributed by atoms with E-state index in [1.807, 2.05) is 0 Å². The van der Waals surface area contributed by atoms with E-state index in [4.69, 9.17) is 23.2 Å². The standard InChI is InChI=1S/C13H9Cl2FO/c14-10-2-1-3-11(15)12(10)13(17)8-4-6-9(16)7-5-8/h1-7,13,17H. The Morgan fingerprint density at radius 1 is 0.941 bits per heavy atom. The molecule has 88 valence electrons. The maximum absolute atomic E-state index is 12.8. The lowest BCUT2D eigenvalue weighted by atomic mass is 10.0. The summed E-state index contributed by atoms with van der Waals surface area (Å²) in [6.07, 6.45) is -0.961. The number of rotatable bonds is 2. The van der Waals surface area contributed by atoms with Crippen LogP contribution in [-0.2, 0) is 0 Å². The number of halogens is 3. The van der Waals surface area contributed by atoms with Crippen LogP contribution >= 0.6 is 23.2 Å². The van der Waals surface area contributed by atoms with Gasteiger partial charge in [0.2, 0.25) is 0 Å². The molecule has 2 rings (SSSR count).